The number of nitrogens with one attached hydrogen (secondary N) is 1. The molecule has 3 rings (SSSR count). The zero-order valence-corrected chi connectivity index (χ0v) is 19.4. The van der Waals surface area contributed by atoms with Crippen LogP contribution in [0.15, 0.2) is 46.2 Å². The number of hydrogen-bond acceptors (Lipinski definition) is 5. The molecule has 2 aromatic carbocycles. The van der Waals surface area contributed by atoms with Gasteiger partial charge in [-0.3, -0.25) is 4.72 Å². The molecule has 30 heavy (non-hydrogen) atoms. The van der Waals surface area contributed by atoms with Gasteiger partial charge in [-0.2, -0.15) is 4.31 Å². The highest BCUT2D eigenvalue weighted by Gasteiger charge is 2.28. The van der Waals surface area contributed by atoms with Crippen LogP contribution in [0.2, 0.25) is 10.0 Å². The molecule has 1 saturated heterocycles. The Hall–Kier alpha value is -1.52. The van der Waals surface area contributed by atoms with Crippen LogP contribution in [0, 0.1) is 0 Å². The molecule has 7 nitrogen and oxygen atoms in total. The number of anilines is 1. The summed E-state index contributed by atoms with van der Waals surface area (Å²) in [4.78, 5) is -0.315. The van der Waals surface area contributed by atoms with Gasteiger partial charge in [0, 0.05) is 13.1 Å². The third-order valence-electron chi connectivity index (χ3n) is 4.81. The number of rotatable bonds is 6. The van der Waals surface area contributed by atoms with E-state index in [0.717, 1.165) is 25.7 Å². The molecule has 0 amide bonds. The number of sulfonamides is 2. The van der Waals surface area contributed by atoms with Gasteiger partial charge < -0.3 is 4.74 Å². The molecule has 0 bridgehead atoms. The summed E-state index contributed by atoms with van der Waals surface area (Å²) < 4.78 is 61.1. The largest absolute Gasteiger partial charge is 0.495 e. The molecule has 1 aliphatic heterocycles. The zero-order chi connectivity index (χ0) is 21.9. The summed E-state index contributed by atoms with van der Waals surface area (Å²) in [5, 5.41) is -0.107. The standard InChI is InChI=1S/C19H22Cl2N2O5S2/c1-28-18-10-9-14(30(26,27)23-11-4-2-3-5-12-23)13-17(18)22-29(24,25)19-15(20)7-6-8-16(19)21/h6-10,13,22H,2-5,11-12H2,1H3. The summed E-state index contributed by atoms with van der Waals surface area (Å²) in [6.07, 6.45) is 3.55. The van der Waals surface area contributed by atoms with Crippen LogP contribution in [0.5, 0.6) is 5.75 Å². The first-order chi connectivity index (χ1) is 14.2. The van der Waals surface area contributed by atoms with E-state index in [4.69, 9.17) is 27.9 Å². The predicted molar refractivity (Wildman–Crippen MR) is 117 cm³/mol. The molecule has 0 aliphatic carbocycles. The normalized spacial score (nSPS) is 16.1. The minimum absolute atomic E-state index is 0.0202. The highest BCUT2D eigenvalue weighted by Crippen LogP contribution is 2.35. The number of ether oxygens (including phenoxy) is 1. The van der Waals surface area contributed by atoms with Crippen molar-refractivity contribution < 1.29 is 21.6 Å². The topological polar surface area (TPSA) is 92.8 Å². The van der Waals surface area contributed by atoms with Gasteiger partial charge in [-0.15, -0.1) is 0 Å². The molecule has 0 radical (unpaired) electrons. The first-order valence-corrected chi connectivity index (χ1v) is 13.0. The van der Waals surface area contributed by atoms with E-state index in [0.29, 0.717) is 13.1 Å². The Morgan fingerprint density at radius 1 is 0.933 bits per heavy atom. The van der Waals surface area contributed by atoms with Gasteiger partial charge in [0.15, 0.2) is 0 Å². The van der Waals surface area contributed by atoms with Crippen LogP contribution >= 0.6 is 23.2 Å². The molecule has 1 fully saturated rings. The van der Waals surface area contributed by atoms with E-state index < -0.39 is 20.0 Å². The van der Waals surface area contributed by atoms with Crippen molar-refractivity contribution in [3.05, 3.63) is 46.4 Å². The van der Waals surface area contributed by atoms with Crippen molar-refractivity contribution in [3.8, 4) is 5.75 Å². The van der Waals surface area contributed by atoms with Gasteiger partial charge >= 0.3 is 0 Å². The number of halogens is 2. The lowest BCUT2D eigenvalue weighted by atomic mass is 10.2. The molecule has 0 aromatic heterocycles. The van der Waals surface area contributed by atoms with Gasteiger partial charge in [-0.1, -0.05) is 42.1 Å². The summed E-state index contributed by atoms with van der Waals surface area (Å²) in [7, 11) is -6.62. The fraction of sp³-hybridized carbons (Fsp3) is 0.368. The second kappa shape index (κ2) is 9.32. The number of benzene rings is 2. The van der Waals surface area contributed by atoms with Crippen LogP contribution in [0.1, 0.15) is 25.7 Å². The molecule has 1 N–H and O–H groups in total. The van der Waals surface area contributed by atoms with Crippen molar-refractivity contribution in [2.45, 2.75) is 35.5 Å². The molecule has 164 valence electrons. The lowest BCUT2D eigenvalue weighted by Gasteiger charge is -2.21. The van der Waals surface area contributed by atoms with Crippen molar-refractivity contribution in [2.24, 2.45) is 0 Å². The van der Waals surface area contributed by atoms with Gasteiger partial charge in [0.25, 0.3) is 10.0 Å². The predicted octanol–water partition coefficient (Wildman–Crippen LogP) is 4.37. The van der Waals surface area contributed by atoms with E-state index in [-0.39, 0.29) is 31.3 Å². The molecule has 0 saturated carbocycles. The van der Waals surface area contributed by atoms with Crippen LogP contribution in [0.3, 0.4) is 0 Å². The lowest BCUT2D eigenvalue weighted by molar-refractivity contribution is 0.415. The Balaban J connectivity index is 2.01. The monoisotopic (exact) mass is 492 g/mol. The van der Waals surface area contributed by atoms with Crippen LogP contribution in [-0.2, 0) is 20.0 Å². The quantitative estimate of drug-likeness (QED) is 0.645. The van der Waals surface area contributed by atoms with E-state index in [1.165, 1.54) is 47.8 Å². The second-order valence-corrected chi connectivity index (χ2v) is 11.2. The first kappa shape index (κ1) is 23.1. The Labute approximate surface area is 187 Å². The first-order valence-electron chi connectivity index (χ1n) is 9.32. The second-order valence-electron chi connectivity index (χ2n) is 6.84. The summed E-state index contributed by atoms with van der Waals surface area (Å²) in [6, 6.07) is 8.40. The van der Waals surface area contributed by atoms with Gasteiger partial charge in [-0.25, -0.2) is 16.8 Å². The molecule has 2 aromatic rings. The summed E-state index contributed by atoms with van der Waals surface area (Å²) in [5.41, 5.74) is -0.0237. The van der Waals surface area contributed by atoms with E-state index in [2.05, 4.69) is 4.72 Å². The van der Waals surface area contributed by atoms with E-state index in [9.17, 15) is 16.8 Å². The lowest BCUT2D eigenvalue weighted by Crippen LogP contribution is -2.32. The maximum absolute atomic E-state index is 13.1. The Morgan fingerprint density at radius 3 is 2.10 bits per heavy atom. The third-order valence-corrected chi connectivity index (χ3v) is 9.02. The van der Waals surface area contributed by atoms with Crippen molar-refractivity contribution in [1.82, 2.24) is 4.31 Å². The van der Waals surface area contributed by atoms with Crippen LogP contribution < -0.4 is 9.46 Å². The average molecular weight is 493 g/mol. The van der Waals surface area contributed by atoms with Crippen molar-refractivity contribution in [2.75, 3.05) is 24.9 Å². The van der Waals surface area contributed by atoms with E-state index in [1.807, 2.05) is 0 Å². The molecular formula is C19H22Cl2N2O5S2. The third kappa shape index (κ3) is 4.86. The fourth-order valence-corrected chi connectivity index (χ4v) is 7.04. The molecular weight excluding hydrogens is 471 g/mol. The molecule has 1 aliphatic rings. The minimum Gasteiger partial charge on any atom is -0.495 e. The van der Waals surface area contributed by atoms with E-state index in [1.54, 1.807) is 0 Å². The summed E-state index contributed by atoms with van der Waals surface area (Å²) >= 11 is 12.1. The fourth-order valence-electron chi connectivity index (χ4n) is 3.29. The van der Waals surface area contributed by atoms with Gasteiger partial charge in [0.2, 0.25) is 10.0 Å². The maximum Gasteiger partial charge on any atom is 0.264 e. The molecule has 0 unspecified atom stereocenters. The number of methoxy groups -OCH3 is 1. The minimum atomic E-state index is -4.20. The van der Waals surface area contributed by atoms with Crippen LogP contribution in [-0.4, -0.2) is 41.3 Å². The molecule has 1 heterocycles. The Morgan fingerprint density at radius 2 is 1.53 bits per heavy atom. The van der Waals surface area contributed by atoms with Gasteiger partial charge in [0.05, 0.1) is 27.7 Å². The van der Waals surface area contributed by atoms with Crippen LogP contribution in [0.4, 0.5) is 5.69 Å². The highest BCUT2D eigenvalue weighted by atomic mass is 35.5. The molecule has 11 heteroatoms. The summed E-state index contributed by atoms with van der Waals surface area (Å²) in [6.45, 7) is 0.870. The smallest absolute Gasteiger partial charge is 0.264 e. The highest BCUT2D eigenvalue weighted by molar-refractivity contribution is 7.93. The number of nitrogens with zero attached hydrogens (tertiary/aromatic N) is 1. The van der Waals surface area contributed by atoms with E-state index >= 15 is 0 Å². The molecule has 0 atom stereocenters. The molecule has 0 spiro atoms. The van der Waals surface area contributed by atoms with Crippen LogP contribution in [0.25, 0.3) is 0 Å². The SMILES string of the molecule is COc1ccc(S(=O)(=O)N2CCCCCC2)cc1NS(=O)(=O)c1c(Cl)cccc1Cl. The van der Waals surface area contributed by atoms with Crippen molar-refractivity contribution in [1.29, 1.82) is 0 Å². The average Bonchev–Trinajstić information content (AvgIpc) is 2.97. The van der Waals surface area contributed by atoms with Gasteiger partial charge in [0.1, 0.15) is 10.6 Å². The Kier molecular flexibility index (Phi) is 7.19. The van der Waals surface area contributed by atoms with Crippen molar-refractivity contribution in [3.63, 3.8) is 0 Å². The zero-order valence-electron chi connectivity index (χ0n) is 16.3. The van der Waals surface area contributed by atoms with Crippen molar-refractivity contribution >= 4 is 48.9 Å². The number of hydrogen-bond donors (Lipinski definition) is 1. The summed E-state index contributed by atoms with van der Waals surface area (Å²) in [5.74, 6) is 0.163. The van der Waals surface area contributed by atoms with Gasteiger partial charge in [-0.05, 0) is 43.2 Å². The Bertz CT molecular complexity index is 1110. The maximum atomic E-state index is 13.1.